The highest BCUT2D eigenvalue weighted by Gasteiger charge is 2.27. The zero-order valence-corrected chi connectivity index (χ0v) is 12.7. The fourth-order valence-corrected chi connectivity index (χ4v) is 3.29. The maximum absolute atomic E-state index is 12.7. The predicted octanol–water partition coefficient (Wildman–Crippen LogP) is 3.22. The second kappa shape index (κ2) is 6.87. The summed E-state index contributed by atoms with van der Waals surface area (Å²) in [6, 6.07) is 12.4. The third kappa shape index (κ3) is 3.52. The molecule has 1 unspecified atom stereocenters. The van der Waals surface area contributed by atoms with Crippen molar-refractivity contribution >= 4 is 17.2 Å². The Balaban J connectivity index is 1.71. The SMILES string of the molecule is O=C(c1ccsc1)N(CCc1ccccc1)C1CCOC1. The zero-order valence-electron chi connectivity index (χ0n) is 11.9. The Labute approximate surface area is 129 Å². The minimum atomic E-state index is 0.127. The number of amides is 1. The van der Waals surface area contributed by atoms with Crippen molar-refractivity contribution in [3.63, 3.8) is 0 Å². The Hall–Kier alpha value is -1.65. The van der Waals surface area contributed by atoms with Crippen molar-refractivity contribution in [3.8, 4) is 0 Å². The average Bonchev–Trinajstić information content (AvgIpc) is 3.22. The van der Waals surface area contributed by atoms with Crippen LogP contribution < -0.4 is 0 Å². The second-order valence-electron chi connectivity index (χ2n) is 5.26. The Morgan fingerprint density at radius 2 is 2.14 bits per heavy atom. The van der Waals surface area contributed by atoms with Crippen LogP contribution in [-0.4, -0.2) is 36.6 Å². The van der Waals surface area contributed by atoms with Crippen LogP contribution in [0.5, 0.6) is 0 Å². The van der Waals surface area contributed by atoms with E-state index in [2.05, 4.69) is 12.1 Å². The molecule has 1 aliphatic rings. The molecule has 4 heteroatoms. The molecule has 0 bridgehead atoms. The third-order valence-corrected chi connectivity index (χ3v) is 4.54. The molecule has 110 valence electrons. The normalized spacial score (nSPS) is 17.8. The van der Waals surface area contributed by atoms with E-state index in [-0.39, 0.29) is 11.9 Å². The van der Waals surface area contributed by atoms with Gasteiger partial charge in [0.1, 0.15) is 0 Å². The van der Waals surface area contributed by atoms with E-state index in [9.17, 15) is 4.79 Å². The Kier molecular flexibility index (Phi) is 4.68. The lowest BCUT2D eigenvalue weighted by molar-refractivity contribution is 0.0657. The molecule has 3 nitrogen and oxygen atoms in total. The van der Waals surface area contributed by atoms with Crippen molar-refractivity contribution in [2.24, 2.45) is 0 Å². The summed E-state index contributed by atoms with van der Waals surface area (Å²) < 4.78 is 5.47. The van der Waals surface area contributed by atoms with Gasteiger partial charge >= 0.3 is 0 Å². The van der Waals surface area contributed by atoms with E-state index < -0.39 is 0 Å². The molecule has 2 heterocycles. The number of hydrogen-bond donors (Lipinski definition) is 0. The molecule has 1 amide bonds. The topological polar surface area (TPSA) is 29.5 Å². The van der Waals surface area contributed by atoms with Crippen LogP contribution in [0.3, 0.4) is 0 Å². The molecule has 1 aromatic heterocycles. The Morgan fingerprint density at radius 1 is 1.29 bits per heavy atom. The molecule has 1 aromatic carbocycles. The summed E-state index contributed by atoms with van der Waals surface area (Å²) >= 11 is 1.56. The van der Waals surface area contributed by atoms with E-state index in [1.807, 2.05) is 39.9 Å². The van der Waals surface area contributed by atoms with Gasteiger partial charge in [0.25, 0.3) is 5.91 Å². The molecule has 21 heavy (non-hydrogen) atoms. The van der Waals surface area contributed by atoms with Gasteiger partial charge in [-0.05, 0) is 29.9 Å². The molecule has 0 aliphatic carbocycles. The first-order valence-electron chi connectivity index (χ1n) is 7.29. The van der Waals surface area contributed by atoms with Gasteiger partial charge in [-0.2, -0.15) is 11.3 Å². The summed E-state index contributed by atoms with van der Waals surface area (Å²) in [5.74, 6) is 0.127. The number of rotatable bonds is 5. The highest BCUT2D eigenvalue weighted by Crippen LogP contribution is 2.18. The van der Waals surface area contributed by atoms with E-state index in [0.29, 0.717) is 6.61 Å². The molecule has 2 aromatic rings. The van der Waals surface area contributed by atoms with E-state index in [1.54, 1.807) is 11.3 Å². The second-order valence-corrected chi connectivity index (χ2v) is 6.04. The highest BCUT2D eigenvalue weighted by atomic mass is 32.1. The maximum atomic E-state index is 12.7. The van der Waals surface area contributed by atoms with Crippen LogP contribution in [0, 0.1) is 0 Å². The average molecular weight is 301 g/mol. The van der Waals surface area contributed by atoms with E-state index >= 15 is 0 Å². The van der Waals surface area contributed by atoms with Crippen LogP contribution in [0.15, 0.2) is 47.2 Å². The molecule has 0 spiro atoms. The minimum Gasteiger partial charge on any atom is -0.379 e. The first-order valence-corrected chi connectivity index (χ1v) is 8.24. The fraction of sp³-hybridized carbons (Fsp3) is 0.353. The van der Waals surface area contributed by atoms with Gasteiger partial charge in [-0.1, -0.05) is 30.3 Å². The number of thiophene rings is 1. The smallest absolute Gasteiger partial charge is 0.255 e. The standard InChI is InChI=1S/C17H19NO2S/c19-17(15-8-11-21-13-15)18(16-7-10-20-12-16)9-6-14-4-2-1-3-5-14/h1-5,8,11,13,16H,6-7,9-10,12H2. The van der Waals surface area contributed by atoms with Crippen molar-refractivity contribution in [1.29, 1.82) is 0 Å². The first kappa shape index (κ1) is 14.3. The van der Waals surface area contributed by atoms with Crippen molar-refractivity contribution < 1.29 is 9.53 Å². The quantitative estimate of drug-likeness (QED) is 0.848. The first-order chi connectivity index (χ1) is 10.3. The van der Waals surface area contributed by atoms with Crippen LogP contribution in [0.1, 0.15) is 22.3 Å². The number of benzene rings is 1. The van der Waals surface area contributed by atoms with Crippen LogP contribution in [0.2, 0.25) is 0 Å². The largest absolute Gasteiger partial charge is 0.379 e. The lowest BCUT2D eigenvalue weighted by Crippen LogP contribution is -2.41. The highest BCUT2D eigenvalue weighted by molar-refractivity contribution is 7.08. The monoisotopic (exact) mass is 301 g/mol. The third-order valence-electron chi connectivity index (χ3n) is 3.86. The van der Waals surface area contributed by atoms with Crippen LogP contribution in [0.4, 0.5) is 0 Å². The fourth-order valence-electron chi connectivity index (χ4n) is 2.66. The Bertz CT molecular complexity index is 562. The van der Waals surface area contributed by atoms with Gasteiger partial charge < -0.3 is 9.64 Å². The number of ether oxygens (including phenoxy) is 1. The van der Waals surface area contributed by atoms with E-state index in [1.165, 1.54) is 5.56 Å². The minimum absolute atomic E-state index is 0.127. The molecule has 1 saturated heterocycles. The van der Waals surface area contributed by atoms with Gasteiger partial charge in [0.05, 0.1) is 18.2 Å². The molecule has 0 radical (unpaired) electrons. The molecular formula is C17H19NO2S. The molecule has 1 atom stereocenters. The molecule has 3 rings (SSSR count). The van der Waals surface area contributed by atoms with Crippen molar-refractivity contribution in [3.05, 3.63) is 58.3 Å². The van der Waals surface area contributed by atoms with Crippen LogP contribution in [0.25, 0.3) is 0 Å². The van der Waals surface area contributed by atoms with Crippen molar-refractivity contribution in [1.82, 2.24) is 4.90 Å². The summed E-state index contributed by atoms with van der Waals surface area (Å²) in [6.45, 7) is 2.15. The van der Waals surface area contributed by atoms with E-state index in [0.717, 1.165) is 31.6 Å². The lowest BCUT2D eigenvalue weighted by Gasteiger charge is -2.28. The van der Waals surface area contributed by atoms with Gasteiger partial charge in [0.15, 0.2) is 0 Å². The van der Waals surface area contributed by atoms with Crippen molar-refractivity contribution in [2.45, 2.75) is 18.9 Å². The molecule has 1 fully saturated rings. The summed E-state index contributed by atoms with van der Waals surface area (Å²) in [5, 5.41) is 3.88. The van der Waals surface area contributed by atoms with Gasteiger partial charge in [0.2, 0.25) is 0 Å². The number of nitrogens with zero attached hydrogens (tertiary/aromatic N) is 1. The molecule has 1 aliphatic heterocycles. The molecule has 0 saturated carbocycles. The van der Waals surface area contributed by atoms with Gasteiger partial charge in [-0.3, -0.25) is 4.79 Å². The van der Waals surface area contributed by atoms with Gasteiger partial charge in [-0.15, -0.1) is 0 Å². The van der Waals surface area contributed by atoms with Crippen LogP contribution >= 0.6 is 11.3 Å². The molecule has 0 N–H and O–H groups in total. The molecular weight excluding hydrogens is 282 g/mol. The van der Waals surface area contributed by atoms with Crippen LogP contribution in [-0.2, 0) is 11.2 Å². The van der Waals surface area contributed by atoms with Crippen molar-refractivity contribution in [2.75, 3.05) is 19.8 Å². The zero-order chi connectivity index (χ0) is 14.5. The summed E-state index contributed by atoms with van der Waals surface area (Å²) in [5.41, 5.74) is 2.06. The number of carbonyl (C=O) groups excluding carboxylic acids is 1. The van der Waals surface area contributed by atoms with Gasteiger partial charge in [-0.25, -0.2) is 0 Å². The number of hydrogen-bond acceptors (Lipinski definition) is 3. The predicted molar refractivity (Wildman–Crippen MR) is 84.7 cm³/mol. The summed E-state index contributed by atoms with van der Waals surface area (Å²) in [6.07, 6.45) is 1.82. The Morgan fingerprint density at radius 3 is 2.81 bits per heavy atom. The maximum Gasteiger partial charge on any atom is 0.255 e. The lowest BCUT2D eigenvalue weighted by atomic mass is 10.1. The van der Waals surface area contributed by atoms with E-state index in [4.69, 9.17) is 4.74 Å². The summed E-state index contributed by atoms with van der Waals surface area (Å²) in [7, 11) is 0. The number of carbonyl (C=O) groups is 1. The summed E-state index contributed by atoms with van der Waals surface area (Å²) in [4.78, 5) is 14.7. The van der Waals surface area contributed by atoms with Gasteiger partial charge in [0, 0.05) is 18.5 Å².